The molecule has 132 valence electrons. The molecule has 5 nitrogen and oxygen atoms in total. The predicted octanol–water partition coefficient (Wildman–Crippen LogP) is 2.81. The molecule has 1 aliphatic carbocycles. The maximum Gasteiger partial charge on any atom is 0.193 e. The molecule has 0 fully saturated rings. The van der Waals surface area contributed by atoms with Gasteiger partial charge in [-0.3, -0.25) is 0 Å². The molecular weight excluding hydrogens is 334 g/mol. The number of sulfone groups is 1. The van der Waals surface area contributed by atoms with Gasteiger partial charge in [-0.25, -0.2) is 13.4 Å². The summed E-state index contributed by atoms with van der Waals surface area (Å²) in [5.74, 6) is 0.319. The van der Waals surface area contributed by atoms with E-state index in [0.29, 0.717) is 17.4 Å². The summed E-state index contributed by atoms with van der Waals surface area (Å²) >= 11 is 0. The van der Waals surface area contributed by atoms with Crippen LogP contribution in [0.4, 0.5) is 5.69 Å². The van der Waals surface area contributed by atoms with E-state index >= 15 is 0 Å². The highest BCUT2D eigenvalue weighted by molar-refractivity contribution is 7.90. The first-order valence-electron chi connectivity index (χ1n) is 8.31. The molecule has 1 aliphatic rings. The molecule has 3 N–H and O–H groups in total. The molecule has 0 unspecified atom stereocenters. The fourth-order valence-electron chi connectivity index (χ4n) is 3.16. The number of rotatable bonds is 4. The van der Waals surface area contributed by atoms with E-state index in [1.54, 1.807) is 19.1 Å². The second-order valence-electron chi connectivity index (χ2n) is 6.54. The molecule has 0 aromatic heterocycles. The molecule has 2 aromatic carbocycles. The minimum absolute atomic E-state index is 0.319. The molecule has 0 bridgehead atoms. The minimum Gasteiger partial charge on any atom is -0.370 e. The van der Waals surface area contributed by atoms with Crippen LogP contribution in [0, 0.1) is 6.92 Å². The zero-order chi connectivity index (χ0) is 18.0. The first-order chi connectivity index (χ1) is 11.8. The van der Waals surface area contributed by atoms with Crippen molar-refractivity contribution in [3.63, 3.8) is 0 Å². The number of nitrogens with one attached hydrogen (secondary N) is 1. The van der Waals surface area contributed by atoms with E-state index in [-0.39, 0.29) is 0 Å². The normalized spacial score (nSPS) is 14.4. The Hall–Kier alpha value is -2.34. The average Bonchev–Trinajstić information content (AvgIpc) is 3.00. The molecule has 0 atom stereocenters. The summed E-state index contributed by atoms with van der Waals surface area (Å²) in [6, 6.07) is 11.6. The van der Waals surface area contributed by atoms with Gasteiger partial charge in [-0.05, 0) is 66.6 Å². The number of fused-ring (bicyclic) bond motifs is 1. The Bertz CT molecular complexity index is 934. The van der Waals surface area contributed by atoms with E-state index in [2.05, 4.69) is 22.4 Å². The molecule has 2 aromatic rings. The van der Waals surface area contributed by atoms with Gasteiger partial charge >= 0.3 is 0 Å². The molecule has 25 heavy (non-hydrogen) atoms. The minimum atomic E-state index is -3.24. The van der Waals surface area contributed by atoms with Crippen LogP contribution in [0.1, 0.15) is 28.7 Å². The summed E-state index contributed by atoms with van der Waals surface area (Å²) in [5, 5.41) is 3.11. The quantitative estimate of drug-likeness (QED) is 0.651. The molecule has 0 spiro atoms. The van der Waals surface area contributed by atoms with Gasteiger partial charge in [-0.15, -0.1) is 0 Å². The first kappa shape index (κ1) is 17.5. The van der Waals surface area contributed by atoms with Gasteiger partial charge < -0.3 is 11.1 Å². The number of nitrogens with zero attached hydrogens (tertiary/aromatic N) is 1. The third-order valence-corrected chi connectivity index (χ3v) is 5.69. The average molecular weight is 357 g/mol. The number of hydrogen-bond donors (Lipinski definition) is 2. The summed E-state index contributed by atoms with van der Waals surface area (Å²) in [7, 11) is -3.24. The lowest BCUT2D eigenvalue weighted by molar-refractivity contribution is 0.601. The van der Waals surface area contributed by atoms with Crippen molar-refractivity contribution in [3.05, 3.63) is 58.7 Å². The van der Waals surface area contributed by atoms with Gasteiger partial charge in [-0.1, -0.05) is 18.2 Å². The largest absolute Gasteiger partial charge is 0.370 e. The Kier molecular flexibility index (Phi) is 4.81. The Morgan fingerprint density at radius 2 is 1.92 bits per heavy atom. The van der Waals surface area contributed by atoms with E-state index in [1.807, 2.05) is 12.1 Å². The van der Waals surface area contributed by atoms with Gasteiger partial charge in [0.05, 0.1) is 11.4 Å². The summed E-state index contributed by atoms with van der Waals surface area (Å²) in [6.45, 7) is 2.11. The molecular formula is C19H23N3O2S. The van der Waals surface area contributed by atoms with Crippen LogP contribution in [-0.2, 0) is 29.2 Å². The van der Waals surface area contributed by atoms with E-state index in [0.717, 1.165) is 29.7 Å². The Morgan fingerprint density at radius 1 is 1.16 bits per heavy atom. The lowest BCUT2D eigenvalue weighted by Crippen LogP contribution is -2.22. The predicted molar refractivity (Wildman–Crippen MR) is 102 cm³/mol. The molecule has 0 saturated heterocycles. The SMILES string of the molecule is Cc1ccc(CN=C(N)Nc2ccc3c(c2)CCC3)cc1S(C)(=O)=O. The lowest BCUT2D eigenvalue weighted by Gasteiger charge is -2.09. The van der Waals surface area contributed by atoms with Crippen molar-refractivity contribution >= 4 is 21.5 Å². The van der Waals surface area contributed by atoms with E-state index in [1.165, 1.54) is 23.8 Å². The maximum atomic E-state index is 11.8. The van der Waals surface area contributed by atoms with Crippen molar-refractivity contribution in [2.75, 3.05) is 11.6 Å². The topological polar surface area (TPSA) is 84.5 Å². The molecule has 3 rings (SSSR count). The molecule has 6 heteroatoms. The van der Waals surface area contributed by atoms with Crippen molar-refractivity contribution < 1.29 is 8.42 Å². The Balaban J connectivity index is 1.71. The number of anilines is 1. The van der Waals surface area contributed by atoms with Crippen molar-refractivity contribution in [2.45, 2.75) is 37.6 Å². The van der Waals surface area contributed by atoms with E-state index in [9.17, 15) is 8.42 Å². The van der Waals surface area contributed by atoms with Crippen LogP contribution >= 0.6 is 0 Å². The second kappa shape index (κ2) is 6.88. The van der Waals surface area contributed by atoms with Crippen LogP contribution in [0.15, 0.2) is 46.3 Å². The number of aryl methyl sites for hydroxylation is 3. The molecule has 0 radical (unpaired) electrons. The van der Waals surface area contributed by atoms with Crippen LogP contribution in [-0.4, -0.2) is 20.6 Å². The zero-order valence-corrected chi connectivity index (χ0v) is 15.4. The van der Waals surface area contributed by atoms with Crippen LogP contribution in [0.25, 0.3) is 0 Å². The van der Waals surface area contributed by atoms with Crippen molar-refractivity contribution in [1.29, 1.82) is 0 Å². The fourth-order valence-corrected chi connectivity index (χ4v) is 4.17. The van der Waals surface area contributed by atoms with Gasteiger partial charge in [0.1, 0.15) is 0 Å². The first-order valence-corrected chi connectivity index (χ1v) is 10.2. The molecule has 0 saturated carbocycles. The highest BCUT2D eigenvalue weighted by atomic mass is 32.2. The summed E-state index contributed by atoms with van der Waals surface area (Å²) in [5.41, 5.74) is 11.2. The Morgan fingerprint density at radius 3 is 2.68 bits per heavy atom. The van der Waals surface area contributed by atoms with Gasteiger partial charge in [0.15, 0.2) is 15.8 Å². The fraction of sp³-hybridized carbons (Fsp3) is 0.316. The number of nitrogens with two attached hydrogens (primary N) is 1. The lowest BCUT2D eigenvalue weighted by atomic mass is 10.1. The number of aliphatic imine (C=N–C) groups is 1. The van der Waals surface area contributed by atoms with Crippen molar-refractivity contribution in [3.8, 4) is 0 Å². The maximum absolute atomic E-state index is 11.8. The molecule has 0 heterocycles. The van der Waals surface area contributed by atoms with Gasteiger partial charge in [0, 0.05) is 11.9 Å². The van der Waals surface area contributed by atoms with Gasteiger partial charge in [0.25, 0.3) is 0 Å². The molecule has 0 aliphatic heterocycles. The van der Waals surface area contributed by atoms with Crippen LogP contribution in [0.3, 0.4) is 0 Å². The van der Waals surface area contributed by atoms with Crippen LogP contribution in [0.5, 0.6) is 0 Å². The monoisotopic (exact) mass is 357 g/mol. The zero-order valence-electron chi connectivity index (χ0n) is 14.5. The highest BCUT2D eigenvalue weighted by Crippen LogP contribution is 2.24. The second-order valence-corrected chi connectivity index (χ2v) is 8.52. The van der Waals surface area contributed by atoms with Gasteiger partial charge in [-0.2, -0.15) is 0 Å². The third-order valence-electron chi connectivity index (χ3n) is 4.45. The van der Waals surface area contributed by atoms with E-state index in [4.69, 9.17) is 5.73 Å². The highest BCUT2D eigenvalue weighted by Gasteiger charge is 2.12. The van der Waals surface area contributed by atoms with Crippen LogP contribution in [0.2, 0.25) is 0 Å². The standard InChI is InChI=1S/C19H23N3O2S/c1-13-6-7-14(10-18(13)25(2,23)24)12-21-19(20)22-17-9-8-15-4-3-5-16(15)11-17/h6-11H,3-5,12H2,1-2H3,(H3,20,21,22). The number of guanidine groups is 1. The number of hydrogen-bond acceptors (Lipinski definition) is 3. The van der Waals surface area contributed by atoms with Crippen molar-refractivity contribution in [2.24, 2.45) is 10.7 Å². The number of benzene rings is 2. The van der Waals surface area contributed by atoms with Crippen LogP contribution < -0.4 is 11.1 Å². The summed E-state index contributed by atoms with van der Waals surface area (Å²) < 4.78 is 23.6. The third kappa shape index (κ3) is 4.20. The summed E-state index contributed by atoms with van der Waals surface area (Å²) in [6.07, 6.45) is 4.68. The summed E-state index contributed by atoms with van der Waals surface area (Å²) in [4.78, 5) is 4.66. The van der Waals surface area contributed by atoms with Crippen molar-refractivity contribution in [1.82, 2.24) is 0 Å². The Labute approximate surface area is 148 Å². The smallest absolute Gasteiger partial charge is 0.193 e. The molecule has 0 amide bonds. The van der Waals surface area contributed by atoms with E-state index < -0.39 is 9.84 Å². The van der Waals surface area contributed by atoms with Gasteiger partial charge in [0.2, 0.25) is 0 Å².